The van der Waals surface area contributed by atoms with E-state index in [2.05, 4.69) is 15.5 Å². The number of methoxy groups -OCH3 is 2. The Hall–Kier alpha value is -3.27. The van der Waals surface area contributed by atoms with Gasteiger partial charge in [0.15, 0.2) is 0 Å². The van der Waals surface area contributed by atoms with Crippen LogP contribution in [0, 0.1) is 0 Å². The van der Waals surface area contributed by atoms with Gasteiger partial charge in [0.25, 0.3) is 0 Å². The van der Waals surface area contributed by atoms with Crippen molar-refractivity contribution in [1.29, 1.82) is 0 Å². The molecule has 2 aromatic carbocycles. The fraction of sp³-hybridized carbons (Fsp3) is 0.250. The molecular weight excluding hydrogens is 439 g/mol. The van der Waals surface area contributed by atoms with Crippen molar-refractivity contribution in [2.24, 2.45) is 0 Å². The molecule has 0 saturated carbocycles. The van der Waals surface area contributed by atoms with Gasteiger partial charge in [-0.3, -0.25) is 4.79 Å². The number of nitrogens with one attached hydrogen (secondary N) is 1. The van der Waals surface area contributed by atoms with E-state index in [0.29, 0.717) is 22.2 Å². The van der Waals surface area contributed by atoms with Crippen molar-refractivity contribution in [3.05, 3.63) is 52.9 Å². The molecule has 7 nitrogen and oxygen atoms in total. The van der Waals surface area contributed by atoms with Crippen LogP contribution in [0.5, 0.6) is 11.5 Å². The lowest BCUT2D eigenvalue weighted by atomic mass is 10.1. The summed E-state index contributed by atoms with van der Waals surface area (Å²) in [6.45, 7) is 0. The third-order valence-corrected chi connectivity index (χ3v) is 4.51. The van der Waals surface area contributed by atoms with Gasteiger partial charge in [-0.1, -0.05) is 17.7 Å². The Morgan fingerprint density at radius 3 is 2.55 bits per heavy atom. The molecular formula is C20H17ClF3N3O4. The quantitative estimate of drug-likeness (QED) is 0.539. The number of nitrogens with zero attached hydrogens (tertiary/aromatic N) is 2. The lowest BCUT2D eigenvalue weighted by Gasteiger charge is -2.12. The number of carbonyl (C=O) groups excluding carboxylic acids is 1. The van der Waals surface area contributed by atoms with E-state index in [4.69, 9.17) is 25.5 Å². The summed E-state index contributed by atoms with van der Waals surface area (Å²) in [7, 11) is 2.87. The first-order valence-corrected chi connectivity index (χ1v) is 9.30. The minimum Gasteiger partial charge on any atom is -0.495 e. The zero-order valence-corrected chi connectivity index (χ0v) is 17.2. The Labute approximate surface area is 180 Å². The highest BCUT2D eigenvalue weighted by Gasteiger charge is 2.30. The maximum Gasteiger partial charge on any atom is 0.416 e. The van der Waals surface area contributed by atoms with Gasteiger partial charge in [0, 0.05) is 30.5 Å². The molecule has 1 aromatic heterocycles. The fourth-order valence-corrected chi connectivity index (χ4v) is 2.92. The minimum atomic E-state index is -4.48. The third kappa shape index (κ3) is 5.46. The number of ether oxygens (including phenoxy) is 2. The number of hydrogen-bond donors (Lipinski definition) is 1. The van der Waals surface area contributed by atoms with Crippen LogP contribution in [0.2, 0.25) is 5.02 Å². The first kappa shape index (κ1) is 22.4. The zero-order chi connectivity index (χ0) is 22.6. The highest BCUT2D eigenvalue weighted by molar-refractivity contribution is 6.32. The molecule has 0 spiro atoms. The Bertz CT molecular complexity index is 1090. The largest absolute Gasteiger partial charge is 0.495 e. The van der Waals surface area contributed by atoms with Gasteiger partial charge in [-0.25, -0.2) is 0 Å². The van der Waals surface area contributed by atoms with Crippen LogP contribution in [0.25, 0.3) is 11.5 Å². The van der Waals surface area contributed by atoms with E-state index in [-0.39, 0.29) is 36.1 Å². The monoisotopic (exact) mass is 455 g/mol. The molecule has 164 valence electrons. The van der Waals surface area contributed by atoms with Crippen LogP contribution >= 0.6 is 11.6 Å². The summed E-state index contributed by atoms with van der Waals surface area (Å²) in [6.07, 6.45) is -4.41. The molecule has 31 heavy (non-hydrogen) atoms. The van der Waals surface area contributed by atoms with Gasteiger partial charge in [0.2, 0.25) is 17.7 Å². The maximum atomic E-state index is 12.9. The van der Waals surface area contributed by atoms with Crippen molar-refractivity contribution in [1.82, 2.24) is 10.2 Å². The molecule has 1 amide bonds. The van der Waals surface area contributed by atoms with Crippen molar-refractivity contribution in [3.63, 3.8) is 0 Å². The maximum absolute atomic E-state index is 12.9. The molecule has 0 saturated heterocycles. The summed E-state index contributed by atoms with van der Waals surface area (Å²) < 4.78 is 54.3. The second-order valence-corrected chi connectivity index (χ2v) is 6.72. The van der Waals surface area contributed by atoms with Crippen LogP contribution in [0.1, 0.15) is 17.9 Å². The van der Waals surface area contributed by atoms with Crippen molar-refractivity contribution < 1.29 is 31.9 Å². The summed E-state index contributed by atoms with van der Waals surface area (Å²) in [5.41, 5.74) is -0.323. The summed E-state index contributed by atoms with van der Waals surface area (Å²) in [4.78, 5) is 12.3. The van der Waals surface area contributed by atoms with Crippen molar-refractivity contribution in [2.75, 3.05) is 19.5 Å². The van der Waals surface area contributed by atoms with E-state index in [9.17, 15) is 18.0 Å². The summed E-state index contributed by atoms with van der Waals surface area (Å²) in [5, 5.41) is 10.6. The molecule has 3 rings (SSSR count). The molecule has 0 fully saturated rings. The number of alkyl halides is 3. The first-order valence-electron chi connectivity index (χ1n) is 8.92. The van der Waals surface area contributed by atoms with Crippen LogP contribution < -0.4 is 14.8 Å². The number of anilines is 1. The Morgan fingerprint density at radius 2 is 1.87 bits per heavy atom. The molecule has 3 aromatic rings. The van der Waals surface area contributed by atoms with Crippen molar-refractivity contribution >= 4 is 23.2 Å². The Kier molecular flexibility index (Phi) is 6.69. The molecule has 0 atom stereocenters. The molecule has 0 unspecified atom stereocenters. The predicted octanol–water partition coefficient (Wildman–Crippen LogP) is 5.00. The topological polar surface area (TPSA) is 86.5 Å². The van der Waals surface area contributed by atoms with E-state index < -0.39 is 11.7 Å². The van der Waals surface area contributed by atoms with Gasteiger partial charge < -0.3 is 19.2 Å². The van der Waals surface area contributed by atoms with Gasteiger partial charge in [0.1, 0.15) is 11.5 Å². The smallest absolute Gasteiger partial charge is 0.416 e. The van der Waals surface area contributed by atoms with E-state index in [0.717, 1.165) is 12.1 Å². The molecule has 11 heteroatoms. The lowest BCUT2D eigenvalue weighted by Crippen LogP contribution is -2.13. The second-order valence-electron chi connectivity index (χ2n) is 6.31. The third-order valence-electron chi connectivity index (χ3n) is 4.22. The van der Waals surface area contributed by atoms with Gasteiger partial charge in [0.05, 0.1) is 30.5 Å². The molecule has 0 aliphatic heterocycles. The number of halogens is 4. The first-order chi connectivity index (χ1) is 14.7. The van der Waals surface area contributed by atoms with Gasteiger partial charge in [-0.2, -0.15) is 13.2 Å². The SMILES string of the molecule is COc1cc(NC(=O)CCc2nnc(-c3cccc(C(F)(F)F)c3)o2)c(OC)cc1Cl. The number of benzene rings is 2. The number of aryl methyl sites for hydroxylation is 1. The normalized spacial score (nSPS) is 11.3. The zero-order valence-electron chi connectivity index (χ0n) is 16.4. The van der Waals surface area contributed by atoms with E-state index in [1.54, 1.807) is 0 Å². The standard InChI is InChI=1S/C20H17ClF3N3O4/c1-29-15-10-14(16(30-2)9-13(15)21)25-17(28)6-7-18-26-27-19(31-18)11-4-3-5-12(8-11)20(22,23)24/h3-5,8-10H,6-7H2,1-2H3,(H,25,28). The molecule has 0 aliphatic carbocycles. The second kappa shape index (κ2) is 9.25. The minimum absolute atomic E-state index is 0.0156. The van der Waals surface area contributed by atoms with Gasteiger partial charge >= 0.3 is 6.18 Å². The Balaban J connectivity index is 1.66. The summed E-state index contributed by atoms with van der Waals surface area (Å²) in [6, 6.07) is 7.59. The van der Waals surface area contributed by atoms with Crippen LogP contribution in [0.4, 0.5) is 18.9 Å². The van der Waals surface area contributed by atoms with Gasteiger partial charge in [-0.15, -0.1) is 10.2 Å². The van der Waals surface area contributed by atoms with Gasteiger partial charge in [-0.05, 0) is 18.2 Å². The molecule has 0 radical (unpaired) electrons. The number of amides is 1. The Morgan fingerprint density at radius 1 is 1.13 bits per heavy atom. The van der Waals surface area contributed by atoms with Crippen LogP contribution in [0.15, 0.2) is 40.8 Å². The molecule has 0 bridgehead atoms. The average molecular weight is 456 g/mol. The van der Waals surface area contributed by atoms with Crippen LogP contribution in [0.3, 0.4) is 0 Å². The predicted molar refractivity (Wildman–Crippen MR) is 106 cm³/mol. The number of carbonyl (C=O) groups is 1. The van der Waals surface area contributed by atoms with E-state index in [1.165, 1.54) is 38.5 Å². The number of hydrogen-bond acceptors (Lipinski definition) is 6. The van der Waals surface area contributed by atoms with Crippen LogP contribution in [-0.2, 0) is 17.4 Å². The highest BCUT2D eigenvalue weighted by Crippen LogP contribution is 2.36. The van der Waals surface area contributed by atoms with E-state index in [1.807, 2.05) is 0 Å². The molecule has 1 N–H and O–H groups in total. The van der Waals surface area contributed by atoms with E-state index >= 15 is 0 Å². The number of aromatic nitrogens is 2. The molecule has 0 aliphatic rings. The highest BCUT2D eigenvalue weighted by atomic mass is 35.5. The van der Waals surface area contributed by atoms with Crippen LogP contribution in [-0.4, -0.2) is 30.3 Å². The van der Waals surface area contributed by atoms with Crippen molar-refractivity contribution in [2.45, 2.75) is 19.0 Å². The van der Waals surface area contributed by atoms with Crippen molar-refractivity contribution in [3.8, 4) is 23.0 Å². The fourth-order valence-electron chi connectivity index (χ4n) is 2.69. The lowest BCUT2D eigenvalue weighted by molar-refractivity contribution is -0.137. The summed E-state index contributed by atoms with van der Waals surface area (Å²) >= 11 is 6.04. The molecule has 1 heterocycles. The summed E-state index contributed by atoms with van der Waals surface area (Å²) in [5.74, 6) is 0.388. The number of rotatable bonds is 7. The average Bonchev–Trinajstić information content (AvgIpc) is 3.22.